The van der Waals surface area contributed by atoms with Crippen molar-refractivity contribution >= 4 is 0 Å². The van der Waals surface area contributed by atoms with Crippen LogP contribution in [0, 0.1) is 11.3 Å². The quantitative estimate of drug-likeness (QED) is 0.504. The van der Waals surface area contributed by atoms with Crippen molar-refractivity contribution in [2.75, 3.05) is 0 Å². The maximum atomic E-state index is 8.19. The van der Waals surface area contributed by atoms with E-state index >= 15 is 0 Å². The van der Waals surface area contributed by atoms with Gasteiger partial charge in [-0.1, -0.05) is 30.3 Å². The van der Waals surface area contributed by atoms with E-state index in [1.165, 1.54) is 11.6 Å². The molecular weight excluding hydrogens is 158 g/mol. The molecule has 0 aliphatic rings. The molecule has 1 heteroatoms. The standard InChI is InChI=1S/C12H11N/c13-11-7-2-1-4-8-12-9-5-3-6-10-12/h1,3,5-7,9-10H,4,8H2. The van der Waals surface area contributed by atoms with Gasteiger partial charge in [0.1, 0.15) is 0 Å². The van der Waals surface area contributed by atoms with Gasteiger partial charge in [-0.3, -0.25) is 0 Å². The lowest BCUT2D eigenvalue weighted by Crippen LogP contribution is -1.80. The van der Waals surface area contributed by atoms with Crippen molar-refractivity contribution in [1.29, 1.82) is 5.26 Å². The van der Waals surface area contributed by atoms with E-state index in [0.29, 0.717) is 0 Å². The van der Waals surface area contributed by atoms with Crippen LogP contribution in [0.25, 0.3) is 0 Å². The number of benzene rings is 1. The summed E-state index contributed by atoms with van der Waals surface area (Å²) in [5.74, 6) is 0. The number of nitrogens with zero attached hydrogens (tertiary/aromatic N) is 1. The van der Waals surface area contributed by atoms with Gasteiger partial charge in [0.25, 0.3) is 0 Å². The summed E-state index contributed by atoms with van der Waals surface area (Å²) in [6.45, 7) is 0. The van der Waals surface area contributed by atoms with Crippen LogP contribution in [0.5, 0.6) is 0 Å². The number of rotatable bonds is 3. The predicted molar refractivity (Wildman–Crippen MR) is 53.0 cm³/mol. The first kappa shape index (κ1) is 9.32. The van der Waals surface area contributed by atoms with Crippen LogP contribution in [0.4, 0.5) is 0 Å². The highest BCUT2D eigenvalue weighted by Crippen LogP contribution is 2.01. The van der Waals surface area contributed by atoms with Gasteiger partial charge in [-0.25, -0.2) is 0 Å². The van der Waals surface area contributed by atoms with Crippen LogP contribution in [0.2, 0.25) is 0 Å². The van der Waals surface area contributed by atoms with E-state index in [1.54, 1.807) is 0 Å². The Hall–Kier alpha value is -1.77. The molecule has 13 heavy (non-hydrogen) atoms. The Morgan fingerprint density at radius 3 is 2.69 bits per heavy atom. The molecule has 0 heterocycles. The van der Waals surface area contributed by atoms with Gasteiger partial charge in [-0.05, 0) is 24.5 Å². The topological polar surface area (TPSA) is 23.8 Å². The highest BCUT2D eigenvalue weighted by atomic mass is 14.2. The van der Waals surface area contributed by atoms with Crippen molar-refractivity contribution in [2.24, 2.45) is 0 Å². The van der Waals surface area contributed by atoms with E-state index in [-0.39, 0.29) is 0 Å². The van der Waals surface area contributed by atoms with Gasteiger partial charge in [0, 0.05) is 0 Å². The van der Waals surface area contributed by atoms with Crippen molar-refractivity contribution in [1.82, 2.24) is 0 Å². The van der Waals surface area contributed by atoms with E-state index in [2.05, 4.69) is 17.9 Å². The molecule has 0 unspecified atom stereocenters. The molecule has 0 aliphatic heterocycles. The zero-order chi connectivity index (χ0) is 9.36. The van der Waals surface area contributed by atoms with Gasteiger partial charge in [0.2, 0.25) is 0 Å². The summed E-state index contributed by atoms with van der Waals surface area (Å²) in [7, 11) is 0. The molecule has 64 valence electrons. The first-order chi connectivity index (χ1) is 6.43. The number of allylic oxidation sites excluding steroid dienone is 1. The zero-order valence-electron chi connectivity index (χ0n) is 7.40. The molecule has 1 rings (SSSR count). The lowest BCUT2D eigenvalue weighted by Gasteiger charge is -1.94. The van der Waals surface area contributed by atoms with Crippen molar-refractivity contribution in [3.05, 3.63) is 53.8 Å². The summed E-state index contributed by atoms with van der Waals surface area (Å²) >= 11 is 0. The summed E-state index contributed by atoms with van der Waals surface area (Å²) in [6, 6.07) is 12.2. The Kier molecular flexibility index (Phi) is 4.18. The van der Waals surface area contributed by atoms with Crippen LogP contribution in [-0.4, -0.2) is 0 Å². The second-order valence-corrected chi connectivity index (χ2v) is 2.67. The smallest absolute Gasteiger partial charge is 0.0996 e. The molecule has 0 saturated carbocycles. The number of hydrogen-bond acceptors (Lipinski definition) is 1. The Labute approximate surface area is 78.6 Å². The molecular formula is C12H11N. The van der Waals surface area contributed by atoms with Gasteiger partial charge < -0.3 is 0 Å². The van der Waals surface area contributed by atoms with Crippen LogP contribution < -0.4 is 0 Å². The van der Waals surface area contributed by atoms with Crippen LogP contribution in [0.3, 0.4) is 0 Å². The highest BCUT2D eigenvalue weighted by Gasteiger charge is 1.86. The molecule has 0 aliphatic carbocycles. The molecule has 1 aromatic rings. The molecule has 0 amide bonds. The van der Waals surface area contributed by atoms with Gasteiger partial charge in [0.05, 0.1) is 12.1 Å². The Morgan fingerprint density at radius 2 is 2.00 bits per heavy atom. The van der Waals surface area contributed by atoms with E-state index in [1.807, 2.05) is 30.3 Å². The van der Waals surface area contributed by atoms with Gasteiger partial charge in [0.15, 0.2) is 0 Å². The molecule has 0 saturated heterocycles. The molecule has 0 aromatic heterocycles. The second-order valence-electron chi connectivity index (χ2n) is 2.67. The van der Waals surface area contributed by atoms with Crippen molar-refractivity contribution < 1.29 is 0 Å². The molecule has 0 atom stereocenters. The lowest BCUT2D eigenvalue weighted by atomic mass is 10.1. The van der Waals surface area contributed by atoms with Crippen LogP contribution in [0.1, 0.15) is 12.0 Å². The Bertz CT molecular complexity index is 337. The SMILES string of the molecule is N#CC=C=CCCc1ccccc1. The normalized spacial score (nSPS) is 8.23. The molecule has 0 spiro atoms. The molecule has 0 radical (unpaired) electrons. The minimum absolute atomic E-state index is 0.933. The fraction of sp³-hybridized carbons (Fsp3) is 0.167. The van der Waals surface area contributed by atoms with Crippen LogP contribution in [0.15, 0.2) is 48.2 Å². The summed E-state index contributed by atoms with van der Waals surface area (Å²) < 4.78 is 0. The average Bonchev–Trinajstić information content (AvgIpc) is 2.19. The molecule has 1 nitrogen and oxygen atoms in total. The fourth-order valence-corrected chi connectivity index (χ4v) is 1.06. The van der Waals surface area contributed by atoms with E-state index in [4.69, 9.17) is 5.26 Å². The monoisotopic (exact) mass is 169 g/mol. The zero-order valence-corrected chi connectivity index (χ0v) is 7.40. The second kappa shape index (κ2) is 5.83. The van der Waals surface area contributed by atoms with Crippen molar-refractivity contribution in [2.45, 2.75) is 12.8 Å². The third-order valence-electron chi connectivity index (χ3n) is 1.69. The highest BCUT2D eigenvalue weighted by molar-refractivity contribution is 5.15. The first-order valence-electron chi connectivity index (χ1n) is 4.26. The maximum absolute atomic E-state index is 8.19. The van der Waals surface area contributed by atoms with E-state index in [0.717, 1.165) is 12.8 Å². The fourth-order valence-electron chi connectivity index (χ4n) is 1.06. The number of hydrogen-bond donors (Lipinski definition) is 0. The minimum atomic E-state index is 0.933. The van der Waals surface area contributed by atoms with Gasteiger partial charge in [-0.15, -0.1) is 5.73 Å². The average molecular weight is 169 g/mol. The minimum Gasteiger partial charge on any atom is -0.192 e. The number of nitriles is 1. The third kappa shape index (κ3) is 3.96. The van der Waals surface area contributed by atoms with Gasteiger partial charge in [-0.2, -0.15) is 5.26 Å². The third-order valence-corrected chi connectivity index (χ3v) is 1.69. The maximum Gasteiger partial charge on any atom is 0.0996 e. The Morgan fingerprint density at radius 1 is 1.23 bits per heavy atom. The summed E-state index contributed by atoms with van der Waals surface area (Å²) in [5, 5.41) is 8.19. The predicted octanol–water partition coefficient (Wildman–Crippen LogP) is 2.85. The van der Waals surface area contributed by atoms with Crippen molar-refractivity contribution in [3.63, 3.8) is 0 Å². The summed E-state index contributed by atoms with van der Waals surface area (Å²) in [5.41, 5.74) is 4.11. The first-order valence-corrected chi connectivity index (χ1v) is 4.26. The largest absolute Gasteiger partial charge is 0.192 e. The Balaban J connectivity index is 2.37. The van der Waals surface area contributed by atoms with Crippen molar-refractivity contribution in [3.8, 4) is 6.07 Å². The van der Waals surface area contributed by atoms with Crippen LogP contribution in [-0.2, 0) is 6.42 Å². The van der Waals surface area contributed by atoms with Crippen LogP contribution >= 0.6 is 0 Å². The van der Waals surface area contributed by atoms with E-state index < -0.39 is 0 Å². The summed E-state index contributed by atoms with van der Waals surface area (Å²) in [4.78, 5) is 0. The summed E-state index contributed by atoms with van der Waals surface area (Å²) in [6.07, 6.45) is 5.19. The molecule has 1 aromatic carbocycles. The lowest BCUT2D eigenvalue weighted by molar-refractivity contribution is 1.00. The number of aryl methyl sites for hydroxylation is 1. The molecule has 0 fully saturated rings. The van der Waals surface area contributed by atoms with Gasteiger partial charge >= 0.3 is 0 Å². The molecule has 0 N–H and O–H groups in total. The van der Waals surface area contributed by atoms with E-state index in [9.17, 15) is 0 Å². The molecule has 0 bridgehead atoms.